The number of para-hydroxylation sites is 1. The number of benzene rings is 2. The predicted molar refractivity (Wildman–Crippen MR) is 114 cm³/mol. The number of rotatable bonds is 9. The van der Waals surface area contributed by atoms with E-state index in [-0.39, 0.29) is 0 Å². The average Bonchev–Trinajstić information content (AvgIpc) is 2.75. The second-order valence-corrected chi connectivity index (χ2v) is 6.53. The third-order valence-corrected chi connectivity index (χ3v) is 4.37. The van der Waals surface area contributed by atoms with Gasteiger partial charge in [0.25, 0.3) is 0 Å². The van der Waals surface area contributed by atoms with Crippen molar-refractivity contribution in [2.45, 2.75) is 26.7 Å². The zero-order valence-corrected chi connectivity index (χ0v) is 16.5. The van der Waals surface area contributed by atoms with Gasteiger partial charge in [-0.05, 0) is 42.7 Å². The molecule has 0 aliphatic rings. The van der Waals surface area contributed by atoms with E-state index in [1.165, 1.54) is 0 Å². The van der Waals surface area contributed by atoms with Gasteiger partial charge in [0, 0.05) is 11.8 Å². The van der Waals surface area contributed by atoms with Crippen LogP contribution in [-0.2, 0) is 4.84 Å². The second-order valence-electron chi connectivity index (χ2n) is 6.53. The first-order valence-corrected chi connectivity index (χ1v) is 9.67. The van der Waals surface area contributed by atoms with Crippen LogP contribution in [0.1, 0.15) is 30.9 Å². The van der Waals surface area contributed by atoms with Gasteiger partial charge in [0.05, 0.1) is 11.4 Å². The Bertz CT molecular complexity index is 890. The normalized spacial score (nSPS) is 11.3. The van der Waals surface area contributed by atoms with Crippen LogP contribution in [0, 0.1) is 6.92 Å². The highest BCUT2D eigenvalue weighted by Gasteiger charge is 2.06. The molecule has 0 atom stereocenters. The van der Waals surface area contributed by atoms with Crippen LogP contribution < -0.4 is 4.74 Å². The molecular formula is C24H26N2O2. The van der Waals surface area contributed by atoms with Gasteiger partial charge in [0.2, 0.25) is 0 Å². The van der Waals surface area contributed by atoms with Crippen LogP contribution in [0.5, 0.6) is 5.75 Å². The van der Waals surface area contributed by atoms with Gasteiger partial charge in [0.1, 0.15) is 12.4 Å². The van der Waals surface area contributed by atoms with Gasteiger partial charge >= 0.3 is 0 Å². The summed E-state index contributed by atoms with van der Waals surface area (Å²) in [4.78, 5) is 9.92. The summed E-state index contributed by atoms with van der Waals surface area (Å²) < 4.78 is 5.75. The smallest absolute Gasteiger partial charge is 0.151 e. The van der Waals surface area contributed by atoms with Crippen LogP contribution >= 0.6 is 0 Å². The summed E-state index contributed by atoms with van der Waals surface area (Å²) >= 11 is 0. The van der Waals surface area contributed by atoms with Crippen LogP contribution in [0.25, 0.3) is 11.3 Å². The molecule has 2 aromatic carbocycles. The van der Waals surface area contributed by atoms with Gasteiger partial charge in [-0.3, -0.25) is 4.98 Å². The Morgan fingerprint density at radius 2 is 1.71 bits per heavy atom. The van der Waals surface area contributed by atoms with Crippen molar-refractivity contribution in [2.75, 3.05) is 13.2 Å². The first-order valence-electron chi connectivity index (χ1n) is 9.67. The Labute approximate surface area is 166 Å². The number of oxime groups is 1. The van der Waals surface area contributed by atoms with Crippen molar-refractivity contribution >= 4 is 5.71 Å². The van der Waals surface area contributed by atoms with E-state index in [1.54, 1.807) is 6.20 Å². The van der Waals surface area contributed by atoms with E-state index < -0.39 is 0 Å². The lowest BCUT2D eigenvalue weighted by Gasteiger charge is -2.09. The summed E-state index contributed by atoms with van der Waals surface area (Å²) in [6, 6.07) is 22.2. The van der Waals surface area contributed by atoms with Crippen molar-refractivity contribution in [3.63, 3.8) is 0 Å². The maximum absolute atomic E-state index is 5.75. The Hall–Kier alpha value is -3.14. The number of nitrogens with zero attached hydrogens (tertiary/aromatic N) is 2. The molecule has 0 aliphatic heterocycles. The number of hydrogen-bond acceptors (Lipinski definition) is 4. The summed E-state index contributed by atoms with van der Waals surface area (Å²) in [6.07, 6.45) is 3.67. The molecule has 0 spiro atoms. The summed E-state index contributed by atoms with van der Waals surface area (Å²) in [6.45, 7) is 5.04. The quantitative estimate of drug-likeness (QED) is 0.276. The number of hydrogen-bond donors (Lipinski definition) is 0. The monoisotopic (exact) mass is 374 g/mol. The molecule has 0 saturated carbocycles. The van der Waals surface area contributed by atoms with Crippen LogP contribution in [0.15, 0.2) is 78.1 Å². The molecule has 0 N–H and O–H groups in total. The zero-order valence-electron chi connectivity index (χ0n) is 16.5. The summed E-state index contributed by atoms with van der Waals surface area (Å²) in [5.74, 6) is 0.883. The maximum Gasteiger partial charge on any atom is 0.151 e. The highest BCUT2D eigenvalue weighted by atomic mass is 16.6. The van der Waals surface area contributed by atoms with Gasteiger partial charge < -0.3 is 9.57 Å². The molecule has 0 unspecified atom stereocenters. The van der Waals surface area contributed by atoms with Gasteiger partial charge in [-0.1, -0.05) is 67.0 Å². The van der Waals surface area contributed by atoms with Crippen molar-refractivity contribution in [2.24, 2.45) is 5.16 Å². The minimum Gasteiger partial charge on any atom is -0.490 e. The molecule has 1 heterocycles. The minimum absolute atomic E-state index is 0.410. The van der Waals surface area contributed by atoms with Crippen LogP contribution in [0.4, 0.5) is 0 Å². The molecule has 4 heteroatoms. The molecule has 0 saturated heterocycles. The minimum atomic E-state index is 0.410. The lowest BCUT2D eigenvalue weighted by Crippen LogP contribution is -2.07. The summed E-state index contributed by atoms with van der Waals surface area (Å²) in [7, 11) is 0. The molecule has 4 nitrogen and oxygen atoms in total. The van der Waals surface area contributed by atoms with Gasteiger partial charge in [-0.15, -0.1) is 0 Å². The van der Waals surface area contributed by atoms with E-state index in [9.17, 15) is 0 Å². The summed E-state index contributed by atoms with van der Waals surface area (Å²) in [5, 5.41) is 4.36. The molecule has 1 aromatic heterocycles. The van der Waals surface area contributed by atoms with E-state index in [0.717, 1.165) is 46.7 Å². The second kappa shape index (κ2) is 10.3. The molecule has 0 fully saturated rings. The van der Waals surface area contributed by atoms with Crippen molar-refractivity contribution in [1.82, 2.24) is 4.98 Å². The molecule has 0 radical (unpaired) electrons. The standard InChI is InChI=1S/C24H26N2O2/c1-3-8-23(26-28-18-17-27-24-11-5-4-9-19(24)2)21-14-12-20(13-15-21)22-10-6-7-16-25-22/h4-7,9-16H,3,8,17-18H2,1-2H3/b26-23+. The summed E-state index contributed by atoms with van der Waals surface area (Å²) in [5.41, 5.74) is 5.19. The molecule has 3 rings (SSSR count). The van der Waals surface area contributed by atoms with Crippen molar-refractivity contribution in [3.8, 4) is 17.0 Å². The maximum atomic E-state index is 5.75. The fraction of sp³-hybridized carbons (Fsp3) is 0.250. The number of aryl methyl sites for hydroxylation is 1. The molecule has 3 aromatic rings. The SMILES string of the molecule is CCC/C(=N\OCCOc1ccccc1C)c1ccc(-c2ccccn2)cc1. The number of aromatic nitrogens is 1. The number of pyridine rings is 1. The van der Waals surface area contributed by atoms with E-state index in [4.69, 9.17) is 9.57 Å². The van der Waals surface area contributed by atoms with Crippen LogP contribution in [0.2, 0.25) is 0 Å². The average molecular weight is 374 g/mol. The van der Waals surface area contributed by atoms with E-state index in [1.807, 2.05) is 49.4 Å². The van der Waals surface area contributed by atoms with Crippen LogP contribution in [0.3, 0.4) is 0 Å². The van der Waals surface area contributed by atoms with Gasteiger partial charge in [-0.2, -0.15) is 0 Å². The van der Waals surface area contributed by atoms with Gasteiger partial charge in [0.15, 0.2) is 6.61 Å². The predicted octanol–water partition coefficient (Wildman–Crippen LogP) is 5.66. The first kappa shape index (κ1) is 19.6. The van der Waals surface area contributed by atoms with Crippen molar-refractivity contribution in [1.29, 1.82) is 0 Å². The van der Waals surface area contributed by atoms with Crippen molar-refractivity contribution in [3.05, 3.63) is 84.1 Å². The Morgan fingerprint density at radius 3 is 2.43 bits per heavy atom. The molecule has 0 aliphatic carbocycles. The first-order chi connectivity index (χ1) is 13.8. The van der Waals surface area contributed by atoms with E-state index in [2.05, 4.69) is 41.3 Å². The topological polar surface area (TPSA) is 43.7 Å². The zero-order chi connectivity index (χ0) is 19.6. The Kier molecular flexibility index (Phi) is 7.19. The molecule has 0 bridgehead atoms. The number of ether oxygens (including phenoxy) is 1. The highest BCUT2D eigenvalue weighted by molar-refractivity contribution is 6.00. The molecule has 144 valence electrons. The highest BCUT2D eigenvalue weighted by Crippen LogP contribution is 2.18. The van der Waals surface area contributed by atoms with Crippen LogP contribution in [-0.4, -0.2) is 23.9 Å². The van der Waals surface area contributed by atoms with E-state index >= 15 is 0 Å². The largest absolute Gasteiger partial charge is 0.490 e. The Balaban J connectivity index is 1.58. The molecular weight excluding hydrogens is 348 g/mol. The third kappa shape index (κ3) is 5.43. The lowest BCUT2D eigenvalue weighted by molar-refractivity contribution is 0.106. The molecule has 0 amide bonds. The fourth-order valence-electron chi connectivity index (χ4n) is 2.88. The fourth-order valence-corrected chi connectivity index (χ4v) is 2.88. The van der Waals surface area contributed by atoms with E-state index in [0.29, 0.717) is 13.2 Å². The Morgan fingerprint density at radius 1 is 0.929 bits per heavy atom. The van der Waals surface area contributed by atoms with Crippen molar-refractivity contribution < 1.29 is 9.57 Å². The molecule has 28 heavy (non-hydrogen) atoms. The third-order valence-electron chi connectivity index (χ3n) is 4.37. The van der Waals surface area contributed by atoms with Gasteiger partial charge in [-0.25, -0.2) is 0 Å². The lowest BCUT2D eigenvalue weighted by atomic mass is 10.0.